The van der Waals surface area contributed by atoms with Crippen molar-refractivity contribution in [3.05, 3.63) is 42.1 Å². The van der Waals surface area contributed by atoms with Crippen molar-refractivity contribution in [1.82, 2.24) is 15.0 Å². The first-order chi connectivity index (χ1) is 8.72. The lowest BCUT2D eigenvalue weighted by molar-refractivity contribution is 1.04. The molecule has 0 unspecified atom stereocenters. The van der Waals surface area contributed by atoms with Gasteiger partial charge in [0.25, 0.3) is 0 Å². The van der Waals surface area contributed by atoms with Crippen molar-refractivity contribution in [2.75, 3.05) is 5.73 Å². The molecule has 1 aromatic carbocycles. The van der Waals surface area contributed by atoms with Crippen molar-refractivity contribution in [3.8, 4) is 0 Å². The molecule has 18 heavy (non-hydrogen) atoms. The monoisotopic (exact) mass is 256 g/mol. The fourth-order valence-corrected chi connectivity index (χ4v) is 2.55. The number of hydrogen-bond donors (Lipinski definition) is 2. The molecule has 0 aliphatic rings. The van der Waals surface area contributed by atoms with Gasteiger partial charge in [-0.2, -0.15) is 0 Å². The van der Waals surface area contributed by atoms with Crippen LogP contribution in [0.5, 0.6) is 0 Å². The minimum absolute atomic E-state index is 0.733. The standard InChI is InChI=1S/C13H12N4S/c1-8-3-2-6-15-12(8)18-13-16-10-5-4-9(14)7-11(10)17-13/h2-7H,14H2,1H3,(H,16,17). The van der Waals surface area contributed by atoms with Crippen LogP contribution >= 0.6 is 11.8 Å². The van der Waals surface area contributed by atoms with E-state index in [1.807, 2.05) is 37.3 Å². The largest absolute Gasteiger partial charge is 0.399 e. The third-order valence-electron chi connectivity index (χ3n) is 2.64. The molecule has 2 heterocycles. The Hall–Kier alpha value is -2.01. The predicted molar refractivity (Wildman–Crippen MR) is 73.6 cm³/mol. The van der Waals surface area contributed by atoms with Crippen LogP contribution < -0.4 is 5.73 Å². The number of aromatic amines is 1. The number of pyridine rings is 1. The molecule has 0 aliphatic carbocycles. The van der Waals surface area contributed by atoms with Gasteiger partial charge in [0.15, 0.2) is 5.16 Å². The summed E-state index contributed by atoms with van der Waals surface area (Å²) in [6.45, 7) is 2.04. The van der Waals surface area contributed by atoms with Crippen LogP contribution in [0.3, 0.4) is 0 Å². The van der Waals surface area contributed by atoms with Crippen LogP contribution in [0.2, 0.25) is 0 Å². The molecule has 3 aromatic rings. The van der Waals surface area contributed by atoms with E-state index in [1.165, 1.54) is 11.8 Å². The van der Waals surface area contributed by atoms with Crippen LogP contribution in [0.4, 0.5) is 5.69 Å². The van der Waals surface area contributed by atoms with E-state index in [2.05, 4.69) is 15.0 Å². The highest BCUT2D eigenvalue weighted by Gasteiger charge is 2.07. The Balaban J connectivity index is 1.98. The van der Waals surface area contributed by atoms with Crippen molar-refractivity contribution in [3.63, 3.8) is 0 Å². The Morgan fingerprint density at radius 1 is 1.28 bits per heavy atom. The molecule has 0 bridgehead atoms. The second-order valence-electron chi connectivity index (χ2n) is 4.05. The lowest BCUT2D eigenvalue weighted by Crippen LogP contribution is -1.84. The first kappa shape index (κ1) is 11.1. The quantitative estimate of drug-likeness (QED) is 0.692. The van der Waals surface area contributed by atoms with Gasteiger partial charge in [-0.15, -0.1) is 0 Å². The zero-order valence-corrected chi connectivity index (χ0v) is 10.7. The van der Waals surface area contributed by atoms with Gasteiger partial charge in [-0.25, -0.2) is 9.97 Å². The predicted octanol–water partition coefficient (Wildman–Crippen LogP) is 3.00. The van der Waals surface area contributed by atoms with Gasteiger partial charge in [-0.1, -0.05) is 6.07 Å². The molecule has 0 aliphatic heterocycles. The number of aryl methyl sites for hydroxylation is 1. The fourth-order valence-electron chi connectivity index (χ4n) is 1.72. The number of H-pyrrole nitrogens is 1. The molecule has 90 valence electrons. The Morgan fingerprint density at radius 3 is 3.00 bits per heavy atom. The molecule has 0 amide bonds. The number of aromatic nitrogens is 3. The number of fused-ring (bicyclic) bond motifs is 1. The Labute approximate surface area is 109 Å². The van der Waals surface area contributed by atoms with Gasteiger partial charge < -0.3 is 10.7 Å². The Morgan fingerprint density at radius 2 is 2.17 bits per heavy atom. The minimum atomic E-state index is 0.733. The van der Waals surface area contributed by atoms with E-state index in [1.54, 1.807) is 6.20 Å². The summed E-state index contributed by atoms with van der Waals surface area (Å²) in [6, 6.07) is 9.62. The maximum atomic E-state index is 5.74. The number of nitrogens with two attached hydrogens (primary N) is 1. The van der Waals surface area contributed by atoms with Crippen molar-refractivity contribution in [2.45, 2.75) is 17.1 Å². The van der Waals surface area contributed by atoms with Crippen molar-refractivity contribution in [1.29, 1.82) is 0 Å². The summed E-state index contributed by atoms with van der Waals surface area (Å²) in [4.78, 5) is 12.1. The molecule has 4 nitrogen and oxygen atoms in total. The molecule has 3 rings (SSSR count). The number of hydrogen-bond acceptors (Lipinski definition) is 4. The topological polar surface area (TPSA) is 67.6 Å². The van der Waals surface area contributed by atoms with E-state index in [-0.39, 0.29) is 0 Å². The highest BCUT2D eigenvalue weighted by Crippen LogP contribution is 2.28. The maximum Gasteiger partial charge on any atom is 0.172 e. The number of nitrogens with zero attached hydrogens (tertiary/aromatic N) is 2. The number of nitrogens with one attached hydrogen (secondary N) is 1. The van der Waals surface area contributed by atoms with Crippen LogP contribution in [0.25, 0.3) is 11.0 Å². The molecular formula is C13H12N4S. The third-order valence-corrected chi connectivity index (χ3v) is 3.65. The minimum Gasteiger partial charge on any atom is -0.399 e. The van der Waals surface area contributed by atoms with Gasteiger partial charge >= 0.3 is 0 Å². The average molecular weight is 256 g/mol. The van der Waals surface area contributed by atoms with Crippen LogP contribution in [0.1, 0.15) is 5.56 Å². The van der Waals surface area contributed by atoms with Gasteiger partial charge in [-0.3, -0.25) is 0 Å². The second kappa shape index (κ2) is 4.34. The van der Waals surface area contributed by atoms with E-state index in [0.29, 0.717) is 0 Å². The molecule has 0 atom stereocenters. The molecule has 5 heteroatoms. The maximum absolute atomic E-state index is 5.74. The van der Waals surface area contributed by atoms with E-state index in [4.69, 9.17) is 5.73 Å². The smallest absolute Gasteiger partial charge is 0.172 e. The summed E-state index contributed by atoms with van der Waals surface area (Å²) in [5.41, 5.74) is 9.48. The molecule has 0 fully saturated rings. The van der Waals surface area contributed by atoms with E-state index < -0.39 is 0 Å². The zero-order chi connectivity index (χ0) is 12.5. The Kier molecular flexibility index (Phi) is 2.68. The van der Waals surface area contributed by atoms with Crippen LogP contribution in [-0.4, -0.2) is 15.0 Å². The van der Waals surface area contributed by atoms with Gasteiger partial charge in [0, 0.05) is 11.9 Å². The summed E-state index contributed by atoms with van der Waals surface area (Å²) >= 11 is 1.53. The van der Waals surface area contributed by atoms with E-state index >= 15 is 0 Å². The zero-order valence-electron chi connectivity index (χ0n) is 9.84. The number of imidazole rings is 1. The fraction of sp³-hybridized carbons (Fsp3) is 0.0769. The van der Waals surface area contributed by atoms with Crippen LogP contribution in [0, 0.1) is 6.92 Å². The first-order valence-electron chi connectivity index (χ1n) is 5.57. The molecule has 2 aromatic heterocycles. The number of anilines is 1. The lowest BCUT2D eigenvalue weighted by atomic mass is 10.3. The molecule has 0 saturated carbocycles. The number of rotatable bonds is 2. The molecule has 0 spiro atoms. The highest BCUT2D eigenvalue weighted by molar-refractivity contribution is 7.99. The van der Waals surface area contributed by atoms with Crippen LogP contribution in [-0.2, 0) is 0 Å². The summed E-state index contributed by atoms with van der Waals surface area (Å²) in [5.74, 6) is 0. The van der Waals surface area contributed by atoms with Crippen molar-refractivity contribution >= 4 is 28.5 Å². The number of benzene rings is 1. The Bertz CT molecular complexity index is 705. The SMILES string of the molecule is Cc1cccnc1Sc1nc2ccc(N)cc2[nH]1. The van der Waals surface area contributed by atoms with Gasteiger partial charge in [0.2, 0.25) is 0 Å². The summed E-state index contributed by atoms with van der Waals surface area (Å²) in [5, 5.41) is 1.79. The number of nitrogen functional groups attached to an aromatic ring is 1. The summed E-state index contributed by atoms with van der Waals surface area (Å²) in [7, 11) is 0. The van der Waals surface area contributed by atoms with Gasteiger partial charge in [0.05, 0.1) is 11.0 Å². The normalized spacial score (nSPS) is 10.9. The third kappa shape index (κ3) is 2.04. The van der Waals surface area contributed by atoms with Gasteiger partial charge in [0.1, 0.15) is 5.03 Å². The second-order valence-corrected chi connectivity index (χ2v) is 5.02. The summed E-state index contributed by atoms with van der Waals surface area (Å²) in [6.07, 6.45) is 1.79. The average Bonchev–Trinajstić information content (AvgIpc) is 2.73. The van der Waals surface area contributed by atoms with Crippen molar-refractivity contribution in [2.24, 2.45) is 0 Å². The van der Waals surface area contributed by atoms with E-state index in [9.17, 15) is 0 Å². The van der Waals surface area contributed by atoms with Crippen LogP contribution in [0.15, 0.2) is 46.7 Å². The summed E-state index contributed by atoms with van der Waals surface area (Å²) < 4.78 is 0. The highest BCUT2D eigenvalue weighted by atomic mass is 32.2. The molecule has 0 radical (unpaired) electrons. The van der Waals surface area contributed by atoms with E-state index in [0.717, 1.165) is 32.5 Å². The first-order valence-corrected chi connectivity index (χ1v) is 6.39. The molecule has 3 N–H and O–H groups in total. The lowest BCUT2D eigenvalue weighted by Gasteiger charge is -1.99. The van der Waals surface area contributed by atoms with Gasteiger partial charge in [-0.05, 0) is 48.5 Å². The van der Waals surface area contributed by atoms with Crippen molar-refractivity contribution < 1.29 is 0 Å². The molecular weight excluding hydrogens is 244 g/mol. The molecule has 0 saturated heterocycles.